The maximum absolute atomic E-state index is 13.4. The molecule has 2 aromatic rings. The second-order valence-electron chi connectivity index (χ2n) is 8.22. The monoisotopic (exact) mass is 418 g/mol. The minimum atomic E-state index is -0.638. The van der Waals surface area contributed by atoms with E-state index in [4.69, 9.17) is 0 Å². The van der Waals surface area contributed by atoms with E-state index in [0.717, 1.165) is 36.8 Å². The molecule has 0 aromatic heterocycles. The molecule has 4 nitrogen and oxygen atoms in total. The van der Waals surface area contributed by atoms with E-state index in [1.54, 1.807) is 4.90 Å². The number of amides is 2. The maximum Gasteiger partial charge on any atom is 0.247 e. The molecule has 0 saturated carbocycles. The Morgan fingerprint density at radius 3 is 2.35 bits per heavy atom. The van der Waals surface area contributed by atoms with E-state index >= 15 is 0 Å². The summed E-state index contributed by atoms with van der Waals surface area (Å²) in [5, 5.41) is 3.12. The van der Waals surface area contributed by atoms with Gasteiger partial charge >= 0.3 is 0 Å². The van der Waals surface area contributed by atoms with Gasteiger partial charge in [0.05, 0.1) is 0 Å². The van der Waals surface area contributed by atoms with Crippen LogP contribution in [0.1, 0.15) is 69.0 Å². The lowest BCUT2D eigenvalue weighted by Gasteiger charge is -2.32. The number of nitrogens with one attached hydrogen (secondary N) is 1. The van der Waals surface area contributed by atoms with Crippen molar-refractivity contribution in [2.45, 2.75) is 64.5 Å². The fraction of sp³-hybridized carbons (Fsp3) is 0.407. The van der Waals surface area contributed by atoms with Crippen LogP contribution >= 0.6 is 0 Å². The van der Waals surface area contributed by atoms with Crippen LogP contribution in [0.3, 0.4) is 0 Å². The average molecular weight is 419 g/mol. The Balaban J connectivity index is 1.81. The first-order chi connectivity index (χ1) is 15.2. The van der Waals surface area contributed by atoms with Crippen molar-refractivity contribution >= 4 is 11.8 Å². The van der Waals surface area contributed by atoms with E-state index in [2.05, 4.69) is 11.4 Å². The van der Waals surface area contributed by atoms with Crippen molar-refractivity contribution in [3.05, 3.63) is 83.4 Å². The van der Waals surface area contributed by atoms with Crippen molar-refractivity contribution in [2.75, 3.05) is 6.54 Å². The third kappa shape index (κ3) is 6.81. The Bertz CT molecular complexity index is 861. The molecule has 0 radical (unpaired) electrons. The fourth-order valence-electron chi connectivity index (χ4n) is 4.14. The van der Waals surface area contributed by atoms with Crippen molar-refractivity contribution < 1.29 is 9.59 Å². The topological polar surface area (TPSA) is 49.4 Å². The molecule has 0 saturated heterocycles. The van der Waals surface area contributed by atoms with Gasteiger partial charge in [-0.1, -0.05) is 79.2 Å². The van der Waals surface area contributed by atoms with Crippen LogP contribution in [0.25, 0.3) is 0 Å². The minimum Gasteiger partial charge on any atom is -0.354 e. The molecular formula is C27H34N2O2. The first-order valence-corrected chi connectivity index (χ1v) is 11.5. The van der Waals surface area contributed by atoms with Gasteiger partial charge in [0.15, 0.2) is 0 Å². The molecule has 1 atom stereocenters. The third-order valence-electron chi connectivity index (χ3n) is 5.79. The third-order valence-corrected chi connectivity index (χ3v) is 5.79. The van der Waals surface area contributed by atoms with Crippen molar-refractivity contribution in [1.82, 2.24) is 10.2 Å². The Hall–Kier alpha value is -2.88. The van der Waals surface area contributed by atoms with Crippen LogP contribution in [-0.2, 0) is 16.1 Å². The van der Waals surface area contributed by atoms with Crippen LogP contribution in [0.5, 0.6) is 0 Å². The van der Waals surface area contributed by atoms with Crippen LogP contribution in [-0.4, -0.2) is 23.3 Å². The van der Waals surface area contributed by atoms with E-state index in [0.29, 0.717) is 19.5 Å². The molecule has 1 aliphatic rings. The van der Waals surface area contributed by atoms with E-state index in [1.165, 1.54) is 18.4 Å². The van der Waals surface area contributed by atoms with Crippen LogP contribution < -0.4 is 5.32 Å². The highest BCUT2D eigenvalue weighted by Crippen LogP contribution is 2.25. The molecule has 3 rings (SSSR count). The van der Waals surface area contributed by atoms with Crippen LogP contribution in [0.2, 0.25) is 0 Å². The fourth-order valence-corrected chi connectivity index (χ4v) is 4.14. The summed E-state index contributed by atoms with van der Waals surface area (Å²) in [7, 11) is 0. The molecule has 0 aliphatic heterocycles. The highest BCUT2D eigenvalue weighted by atomic mass is 16.2. The Labute approximate surface area is 186 Å². The number of carbonyl (C=O) groups is 2. The Morgan fingerprint density at radius 2 is 1.71 bits per heavy atom. The molecular weight excluding hydrogens is 384 g/mol. The van der Waals surface area contributed by atoms with Gasteiger partial charge in [-0.15, -0.1) is 0 Å². The quantitative estimate of drug-likeness (QED) is 0.513. The van der Waals surface area contributed by atoms with Crippen LogP contribution in [0.15, 0.2) is 72.3 Å². The van der Waals surface area contributed by atoms with Gasteiger partial charge in [-0.3, -0.25) is 9.59 Å². The van der Waals surface area contributed by atoms with Crippen molar-refractivity contribution in [2.24, 2.45) is 0 Å². The predicted molar refractivity (Wildman–Crippen MR) is 125 cm³/mol. The molecule has 164 valence electrons. The smallest absolute Gasteiger partial charge is 0.247 e. The van der Waals surface area contributed by atoms with E-state index in [-0.39, 0.29) is 11.8 Å². The van der Waals surface area contributed by atoms with Gasteiger partial charge in [-0.05, 0) is 49.7 Å². The lowest BCUT2D eigenvalue weighted by Crippen LogP contribution is -2.43. The number of hydrogen-bond acceptors (Lipinski definition) is 2. The summed E-state index contributed by atoms with van der Waals surface area (Å²) in [5.41, 5.74) is 3.30. The number of carbonyl (C=O) groups excluding carboxylic acids is 2. The minimum absolute atomic E-state index is 0.00495. The summed E-state index contributed by atoms with van der Waals surface area (Å²) >= 11 is 0. The summed E-state index contributed by atoms with van der Waals surface area (Å²) in [6.07, 6.45) is 9.16. The molecule has 0 spiro atoms. The summed E-state index contributed by atoms with van der Waals surface area (Å²) in [4.78, 5) is 28.3. The van der Waals surface area contributed by atoms with Gasteiger partial charge in [0.2, 0.25) is 11.8 Å². The molecule has 0 bridgehead atoms. The number of benzene rings is 2. The molecule has 0 unspecified atom stereocenters. The number of allylic oxidation sites excluding steroid dienone is 1. The van der Waals surface area contributed by atoms with Crippen molar-refractivity contribution in [3.63, 3.8) is 0 Å². The van der Waals surface area contributed by atoms with Crippen LogP contribution in [0, 0.1) is 0 Å². The highest BCUT2D eigenvalue weighted by Gasteiger charge is 2.30. The van der Waals surface area contributed by atoms with Crippen molar-refractivity contribution in [3.8, 4) is 0 Å². The standard InChI is InChI=1S/C27H34N2O2/c1-2-12-25(30)29(21-23-15-8-4-9-16-23)26(24-17-10-5-11-18-24)27(31)28-20-19-22-13-6-3-7-14-22/h4-5,8-11,13,15-18,26H,2-3,6-7,12,14,19-21H2,1H3,(H,28,31)/t26-/m0/s1. The first kappa shape index (κ1) is 22.8. The summed E-state index contributed by atoms with van der Waals surface area (Å²) < 4.78 is 0. The SMILES string of the molecule is CCCC(=O)N(Cc1ccccc1)[C@H](C(=O)NCCC1=CCCCC1)c1ccccc1. The lowest BCUT2D eigenvalue weighted by atomic mass is 9.97. The van der Waals surface area contributed by atoms with Gasteiger partial charge in [-0.25, -0.2) is 0 Å². The van der Waals surface area contributed by atoms with Crippen molar-refractivity contribution in [1.29, 1.82) is 0 Å². The molecule has 1 N–H and O–H groups in total. The maximum atomic E-state index is 13.4. The normalized spacial score (nSPS) is 14.4. The zero-order chi connectivity index (χ0) is 21.9. The second-order valence-corrected chi connectivity index (χ2v) is 8.22. The Morgan fingerprint density at radius 1 is 1.00 bits per heavy atom. The summed E-state index contributed by atoms with van der Waals surface area (Å²) in [5.74, 6) is -0.103. The first-order valence-electron chi connectivity index (χ1n) is 11.5. The van der Waals surface area contributed by atoms with E-state index in [9.17, 15) is 9.59 Å². The molecule has 0 fully saturated rings. The number of rotatable bonds is 10. The van der Waals surface area contributed by atoms with Gasteiger partial charge in [0.25, 0.3) is 0 Å². The zero-order valence-electron chi connectivity index (χ0n) is 18.6. The summed E-state index contributed by atoms with van der Waals surface area (Å²) in [6.45, 7) is 3.01. The van der Waals surface area contributed by atoms with Crippen LogP contribution in [0.4, 0.5) is 0 Å². The molecule has 31 heavy (non-hydrogen) atoms. The predicted octanol–water partition coefficient (Wildman–Crippen LogP) is 5.56. The molecule has 4 heteroatoms. The van der Waals surface area contributed by atoms with Gasteiger partial charge < -0.3 is 10.2 Å². The van der Waals surface area contributed by atoms with Gasteiger partial charge in [0, 0.05) is 19.5 Å². The zero-order valence-corrected chi connectivity index (χ0v) is 18.6. The van der Waals surface area contributed by atoms with Gasteiger partial charge in [-0.2, -0.15) is 0 Å². The van der Waals surface area contributed by atoms with E-state index in [1.807, 2.05) is 67.6 Å². The summed E-state index contributed by atoms with van der Waals surface area (Å²) in [6, 6.07) is 18.9. The average Bonchev–Trinajstić information content (AvgIpc) is 2.81. The lowest BCUT2D eigenvalue weighted by molar-refractivity contribution is -0.141. The largest absolute Gasteiger partial charge is 0.354 e. The molecule has 0 heterocycles. The number of nitrogens with zero attached hydrogens (tertiary/aromatic N) is 1. The molecule has 2 aromatic carbocycles. The highest BCUT2D eigenvalue weighted by molar-refractivity contribution is 5.88. The molecule has 1 aliphatic carbocycles. The number of hydrogen-bond donors (Lipinski definition) is 1. The van der Waals surface area contributed by atoms with Gasteiger partial charge in [0.1, 0.15) is 6.04 Å². The second kappa shape index (κ2) is 12.1. The Kier molecular flexibility index (Phi) is 8.89. The van der Waals surface area contributed by atoms with E-state index < -0.39 is 6.04 Å². The molecule has 2 amide bonds.